The Morgan fingerprint density at radius 2 is 2.18 bits per heavy atom. The fourth-order valence-electron chi connectivity index (χ4n) is 2.32. The average Bonchev–Trinajstić information content (AvgIpc) is 2.84. The highest BCUT2D eigenvalue weighted by molar-refractivity contribution is 5.78. The normalized spacial score (nSPS) is 16.1. The van der Waals surface area contributed by atoms with E-state index >= 15 is 0 Å². The lowest BCUT2D eigenvalue weighted by molar-refractivity contribution is -0.131. The first-order valence-electron chi connectivity index (χ1n) is 6.13. The molecule has 1 aromatic heterocycles. The fourth-order valence-corrected chi connectivity index (χ4v) is 2.32. The predicted octanol–water partition coefficient (Wildman–Crippen LogP) is 1.61. The van der Waals surface area contributed by atoms with Gasteiger partial charge in [0.1, 0.15) is 0 Å². The molecule has 1 amide bonds. The summed E-state index contributed by atoms with van der Waals surface area (Å²) in [5, 5.41) is 0. The molecule has 1 aromatic rings. The molecule has 0 bridgehead atoms. The van der Waals surface area contributed by atoms with Gasteiger partial charge in [0.05, 0.1) is 18.3 Å². The van der Waals surface area contributed by atoms with E-state index in [-0.39, 0.29) is 5.91 Å². The Balaban J connectivity index is 1.93. The number of hydrogen-bond donors (Lipinski definition) is 1. The van der Waals surface area contributed by atoms with Crippen LogP contribution in [0.25, 0.3) is 0 Å². The van der Waals surface area contributed by atoms with Crippen LogP contribution in [0.5, 0.6) is 0 Å². The van der Waals surface area contributed by atoms with Crippen LogP contribution < -0.4 is 5.73 Å². The molecule has 2 rings (SSSR count). The average molecular weight is 233 g/mol. The van der Waals surface area contributed by atoms with Gasteiger partial charge in [-0.1, -0.05) is 12.8 Å². The van der Waals surface area contributed by atoms with Gasteiger partial charge in [-0.15, -0.1) is 0 Å². The summed E-state index contributed by atoms with van der Waals surface area (Å²) in [5.74, 6) is 0.147. The van der Waals surface area contributed by atoms with Gasteiger partial charge in [0.25, 0.3) is 0 Å². The molecule has 0 radical (unpaired) electrons. The molecule has 1 aliphatic rings. The lowest BCUT2D eigenvalue weighted by atomic mass is 10.2. The summed E-state index contributed by atoms with van der Waals surface area (Å²) in [6, 6.07) is 4.03. The van der Waals surface area contributed by atoms with Gasteiger partial charge in [-0.05, 0) is 25.0 Å². The van der Waals surface area contributed by atoms with Gasteiger partial charge in [0.2, 0.25) is 5.91 Å². The molecule has 0 spiro atoms. The number of carbonyl (C=O) groups excluding carboxylic acids is 1. The van der Waals surface area contributed by atoms with Crippen molar-refractivity contribution in [1.82, 2.24) is 9.88 Å². The third-order valence-corrected chi connectivity index (χ3v) is 3.45. The van der Waals surface area contributed by atoms with Crippen molar-refractivity contribution in [2.45, 2.75) is 38.1 Å². The molecule has 0 aromatic carbocycles. The number of rotatable bonds is 3. The molecule has 1 aliphatic carbocycles. The standard InChI is InChI=1S/C13H19N3O/c1-16(12-4-2-3-5-12)13(17)8-11-7-6-10(14)9-15-11/h6-7,9,12H,2-5,8,14H2,1H3. The Morgan fingerprint density at radius 1 is 1.47 bits per heavy atom. The first kappa shape index (κ1) is 11.9. The topological polar surface area (TPSA) is 59.2 Å². The molecule has 0 saturated heterocycles. The molecule has 4 nitrogen and oxygen atoms in total. The van der Waals surface area contributed by atoms with E-state index in [1.807, 2.05) is 18.0 Å². The van der Waals surface area contributed by atoms with Gasteiger partial charge < -0.3 is 10.6 Å². The number of anilines is 1. The monoisotopic (exact) mass is 233 g/mol. The van der Waals surface area contributed by atoms with Crippen LogP contribution in [0, 0.1) is 0 Å². The number of likely N-dealkylation sites (N-methyl/N-ethyl adjacent to an activating group) is 1. The molecule has 1 fully saturated rings. The van der Waals surface area contributed by atoms with Crippen molar-refractivity contribution in [2.24, 2.45) is 0 Å². The fraction of sp³-hybridized carbons (Fsp3) is 0.538. The number of nitrogens with two attached hydrogens (primary N) is 1. The molecule has 1 heterocycles. The van der Waals surface area contributed by atoms with Crippen LogP contribution in [0.4, 0.5) is 5.69 Å². The smallest absolute Gasteiger partial charge is 0.228 e. The van der Waals surface area contributed by atoms with Crippen LogP contribution in [-0.2, 0) is 11.2 Å². The van der Waals surface area contributed by atoms with Crippen LogP contribution in [0.15, 0.2) is 18.3 Å². The Morgan fingerprint density at radius 3 is 2.76 bits per heavy atom. The van der Waals surface area contributed by atoms with Crippen LogP contribution in [-0.4, -0.2) is 28.9 Å². The quantitative estimate of drug-likeness (QED) is 0.862. The van der Waals surface area contributed by atoms with Gasteiger partial charge in [-0.25, -0.2) is 0 Å². The Hall–Kier alpha value is -1.58. The van der Waals surface area contributed by atoms with E-state index in [2.05, 4.69) is 4.98 Å². The number of nitrogens with zero attached hydrogens (tertiary/aromatic N) is 2. The Labute approximate surface area is 102 Å². The van der Waals surface area contributed by atoms with E-state index in [0.717, 1.165) is 18.5 Å². The molecule has 0 aliphatic heterocycles. The minimum Gasteiger partial charge on any atom is -0.397 e. The third kappa shape index (κ3) is 2.96. The van der Waals surface area contributed by atoms with Crippen molar-refractivity contribution in [3.05, 3.63) is 24.0 Å². The molecule has 17 heavy (non-hydrogen) atoms. The van der Waals surface area contributed by atoms with Crippen molar-refractivity contribution in [1.29, 1.82) is 0 Å². The lowest BCUT2D eigenvalue weighted by Crippen LogP contribution is -2.36. The maximum Gasteiger partial charge on any atom is 0.228 e. The lowest BCUT2D eigenvalue weighted by Gasteiger charge is -2.24. The molecular weight excluding hydrogens is 214 g/mol. The van der Waals surface area contributed by atoms with Crippen LogP contribution in [0.1, 0.15) is 31.4 Å². The van der Waals surface area contributed by atoms with Gasteiger partial charge in [-0.3, -0.25) is 9.78 Å². The van der Waals surface area contributed by atoms with Gasteiger partial charge in [-0.2, -0.15) is 0 Å². The van der Waals surface area contributed by atoms with Gasteiger partial charge in [0.15, 0.2) is 0 Å². The van der Waals surface area contributed by atoms with E-state index in [4.69, 9.17) is 5.73 Å². The number of pyridine rings is 1. The number of carbonyl (C=O) groups is 1. The van der Waals surface area contributed by atoms with E-state index in [0.29, 0.717) is 18.2 Å². The summed E-state index contributed by atoms with van der Waals surface area (Å²) in [5.41, 5.74) is 6.98. The highest BCUT2D eigenvalue weighted by Gasteiger charge is 2.23. The van der Waals surface area contributed by atoms with Crippen LogP contribution in [0.2, 0.25) is 0 Å². The van der Waals surface area contributed by atoms with E-state index in [1.54, 1.807) is 12.3 Å². The summed E-state index contributed by atoms with van der Waals surface area (Å²) in [6.45, 7) is 0. The molecule has 2 N–H and O–H groups in total. The molecule has 1 saturated carbocycles. The Bertz CT molecular complexity index is 382. The van der Waals surface area contributed by atoms with Crippen molar-refractivity contribution >= 4 is 11.6 Å². The largest absolute Gasteiger partial charge is 0.397 e. The maximum atomic E-state index is 12.0. The van der Waals surface area contributed by atoms with Crippen molar-refractivity contribution < 1.29 is 4.79 Å². The zero-order chi connectivity index (χ0) is 12.3. The van der Waals surface area contributed by atoms with E-state index < -0.39 is 0 Å². The molecule has 4 heteroatoms. The zero-order valence-electron chi connectivity index (χ0n) is 10.2. The van der Waals surface area contributed by atoms with E-state index in [1.165, 1.54) is 12.8 Å². The van der Waals surface area contributed by atoms with Gasteiger partial charge >= 0.3 is 0 Å². The molecule has 0 atom stereocenters. The van der Waals surface area contributed by atoms with Gasteiger partial charge in [0, 0.05) is 18.8 Å². The van der Waals surface area contributed by atoms with Crippen molar-refractivity contribution in [3.63, 3.8) is 0 Å². The third-order valence-electron chi connectivity index (χ3n) is 3.45. The predicted molar refractivity (Wildman–Crippen MR) is 67.4 cm³/mol. The summed E-state index contributed by atoms with van der Waals surface area (Å²) < 4.78 is 0. The highest BCUT2D eigenvalue weighted by atomic mass is 16.2. The number of aromatic nitrogens is 1. The molecular formula is C13H19N3O. The Kier molecular flexibility index (Phi) is 3.61. The first-order chi connectivity index (χ1) is 8.16. The second-order valence-electron chi connectivity index (χ2n) is 4.70. The highest BCUT2D eigenvalue weighted by Crippen LogP contribution is 2.22. The van der Waals surface area contributed by atoms with Crippen molar-refractivity contribution in [2.75, 3.05) is 12.8 Å². The number of hydrogen-bond acceptors (Lipinski definition) is 3. The molecule has 0 unspecified atom stereocenters. The summed E-state index contributed by atoms with van der Waals surface area (Å²) >= 11 is 0. The number of amides is 1. The zero-order valence-corrected chi connectivity index (χ0v) is 10.2. The second kappa shape index (κ2) is 5.17. The minimum atomic E-state index is 0.147. The molecule has 92 valence electrons. The summed E-state index contributed by atoms with van der Waals surface area (Å²) in [6.07, 6.45) is 6.71. The number of nitrogen functional groups attached to an aromatic ring is 1. The maximum absolute atomic E-state index is 12.0. The minimum absolute atomic E-state index is 0.147. The van der Waals surface area contributed by atoms with Crippen molar-refractivity contribution in [3.8, 4) is 0 Å². The van der Waals surface area contributed by atoms with Crippen LogP contribution in [0.3, 0.4) is 0 Å². The van der Waals surface area contributed by atoms with E-state index in [9.17, 15) is 4.79 Å². The first-order valence-corrected chi connectivity index (χ1v) is 6.13. The van der Waals surface area contributed by atoms with Crippen LogP contribution >= 0.6 is 0 Å². The second-order valence-corrected chi connectivity index (χ2v) is 4.70. The summed E-state index contributed by atoms with van der Waals surface area (Å²) in [7, 11) is 1.90. The SMILES string of the molecule is CN(C(=O)Cc1ccc(N)cn1)C1CCCC1. The summed E-state index contributed by atoms with van der Waals surface area (Å²) in [4.78, 5) is 18.1.